The van der Waals surface area contributed by atoms with Gasteiger partial charge in [0.2, 0.25) is 5.91 Å². The fraction of sp³-hybridized carbons (Fsp3) is 0.391. The number of hydrogen-bond acceptors (Lipinski definition) is 6. The van der Waals surface area contributed by atoms with Crippen molar-refractivity contribution in [3.8, 4) is 0 Å². The van der Waals surface area contributed by atoms with Gasteiger partial charge >= 0.3 is 5.97 Å². The number of carbonyl (C=O) groups is 2. The Morgan fingerprint density at radius 2 is 1.84 bits per heavy atom. The Bertz CT molecular complexity index is 954. The molecule has 2 aromatic carbocycles. The molecule has 0 N–H and O–H groups in total. The van der Waals surface area contributed by atoms with E-state index in [1.54, 1.807) is 48.2 Å². The molecule has 0 saturated carbocycles. The second-order valence-corrected chi connectivity index (χ2v) is 7.36. The van der Waals surface area contributed by atoms with Gasteiger partial charge in [-0.1, -0.05) is 18.2 Å². The van der Waals surface area contributed by atoms with Crippen molar-refractivity contribution in [2.45, 2.75) is 26.7 Å². The molecule has 31 heavy (non-hydrogen) atoms. The van der Waals surface area contributed by atoms with Crippen LogP contribution in [-0.2, 0) is 9.53 Å². The molecule has 0 radical (unpaired) electrons. The fourth-order valence-electron chi connectivity index (χ4n) is 3.95. The van der Waals surface area contributed by atoms with E-state index in [9.17, 15) is 19.7 Å². The number of piperidine rings is 1. The zero-order valence-corrected chi connectivity index (χ0v) is 17.8. The van der Waals surface area contributed by atoms with Crippen LogP contribution in [0.15, 0.2) is 48.5 Å². The lowest BCUT2D eigenvalue weighted by atomic mass is 9.94. The van der Waals surface area contributed by atoms with Crippen LogP contribution in [0.4, 0.5) is 17.1 Å². The zero-order chi connectivity index (χ0) is 22.4. The number of esters is 1. The van der Waals surface area contributed by atoms with Crippen LogP contribution in [0.3, 0.4) is 0 Å². The molecule has 0 unspecified atom stereocenters. The van der Waals surface area contributed by atoms with Crippen molar-refractivity contribution >= 4 is 28.9 Å². The lowest BCUT2D eigenvalue weighted by Gasteiger charge is -2.35. The molecule has 8 heteroatoms. The smallest absolute Gasteiger partial charge is 0.338 e. The molecule has 1 amide bonds. The first kappa shape index (κ1) is 22.3. The molecule has 1 fully saturated rings. The molecule has 1 aliphatic heterocycles. The van der Waals surface area contributed by atoms with Gasteiger partial charge in [0.1, 0.15) is 5.69 Å². The number of nitrogens with zero attached hydrogens (tertiary/aromatic N) is 3. The molecule has 1 heterocycles. The fourth-order valence-corrected chi connectivity index (χ4v) is 3.95. The minimum atomic E-state index is -0.411. The van der Waals surface area contributed by atoms with Crippen molar-refractivity contribution in [1.82, 2.24) is 0 Å². The van der Waals surface area contributed by atoms with Crippen LogP contribution >= 0.6 is 0 Å². The predicted molar refractivity (Wildman–Crippen MR) is 118 cm³/mol. The molecule has 164 valence electrons. The first-order valence-corrected chi connectivity index (χ1v) is 10.5. The molecule has 1 saturated heterocycles. The highest BCUT2D eigenvalue weighted by Crippen LogP contribution is 2.32. The number of rotatable bonds is 7. The topological polar surface area (TPSA) is 93.0 Å². The maximum Gasteiger partial charge on any atom is 0.338 e. The molecule has 3 rings (SSSR count). The summed E-state index contributed by atoms with van der Waals surface area (Å²) in [4.78, 5) is 39.9. The zero-order valence-electron chi connectivity index (χ0n) is 17.8. The van der Waals surface area contributed by atoms with E-state index < -0.39 is 5.97 Å². The van der Waals surface area contributed by atoms with Crippen molar-refractivity contribution in [2.24, 2.45) is 5.92 Å². The van der Waals surface area contributed by atoms with Crippen LogP contribution in [0.5, 0.6) is 0 Å². The van der Waals surface area contributed by atoms with E-state index >= 15 is 0 Å². The number of ether oxygens (including phenoxy) is 1. The summed E-state index contributed by atoms with van der Waals surface area (Å²) in [6.45, 7) is 5.56. The Kier molecular flexibility index (Phi) is 7.23. The van der Waals surface area contributed by atoms with Gasteiger partial charge in [-0.2, -0.15) is 0 Å². The van der Waals surface area contributed by atoms with E-state index in [1.165, 1.54) is 6.07 Å². The molecule has 0 aliphatic carbocycles. The van der Waals surface area contributed by atoms with Gasteiger partial charge in [-0.05, 0) is 51.0 Å². The summed E-state index contributed by atoms with van der Waals surface area (Å²) < 4.78 is 5.06. The number of carbonyl (C=O) groups excluding carboxylic acids is 2. The highest BCUT2D eigenvalue weighted by Gasteiger charge is 2.31. The van der Waals surface area contributed by atoms with Gasteiger partial charge in [0.25, 0.3) is 5.69 Å². The van der Waals surface area contributed by atoms with Crippen LogP contribution in [0.1, 0.15) is 37.0 Å². The average molecular weight is 425 g/mol. The number of amides is 1. The van der Waals surface area contributed by atoms with Gasteiger partial charge in [0, 0.05) is 37.3 Å². The SMILES string of the molecule is CCOC(=O)c1cccc(N(CC)C(=O)C2CCN(c3ccccc3[N+](=O)[O-])CC2)c1. The van der Waals surface area contributed by atoms with E-state index in [0.717, 1.165) is 0 Å². The Morgan fingerprint density at radius 3 is 2.48 bits per heavy atom. The maximum atomic E-state index is 13.2. The van der Waals surface area contributed by atoms with E-state index in [1.807, 2.05) is 17.9 Å². The molecule has 0 bridgehead atoms. The summed E-state index contributed by atoms with van der Waals surface area (Å²) in [6, 6.07) is 13.6. The van der Waals surface area contributed by atoms with Gasteiger partial charge in [0.15, 0.2) is 0 Å². The maximum absolute atomic E-state index is 13.2. The third-order valence-corrected chi connectivity index (χ3v) is 5.51. The molecule has 8 nitrogen and oxygen atoms in total. The van der Waals surface area contributed by atoms with E-state index in [4.69, 9.17) is 4.74 Å². The van der Waals surface area contributed by atoms with Crippen molar-refractivity contribution in [3.05, 3.63) is 64.2 Å². The third kappa shape index (κ3) is 5.02. The number of benzene rings is 2. The second-order valence-electron chi connectivity index (χ2n) is 7.36. The van der Waals surface area contributed by atoms with Gasteiger partial charge in [0.05, 0.1) is 17.1 Å². The molecule has 0 atom stereocenters. The Balaban J connectivity index is 1.70. The molecule has 0 aromatic heterocycles. The molecule has 1 aliphatic rings. The van der Waals surface area contributed by atoms with Crippen molar-refractivity contribution in [2.75, 3.05) is 36.0 Å². The largest absolute Gasteiger partial charge is 0.462 e. The van der Waals surface area contributed by atoms with Crippen molar-refractivity contribution in [1.29, 1.82) is 0 Å². The Hall–Kier alpha value is -3.42. The first-order chi connectivity index (χ1) is 15.0. The van der Waals surface area contributed by atoms with Gasteiger partial charge in [-0.3, -0.25) is 14.9 Å². The highest BCUT2D eigenvalue weighted by molar-refractivity contribution is 5.97. The van der Waals surface area contributed by atoms with E-state index in [0.29, 0.717) is 49.4 Å². The van der Waals surface area contributed by atoms with Crippen LogP contribution in [0.2, 0.25) is 0 Å². The normalized spacial score (nSPS) is 14.2. The summed E-state index contributed by atoms with van der Waals surface area (Å²) in [6.07, 6.45) is 1.22. The second kappa shape index (κ2) is 10.1. The van der Waals surface area contributed by atoms with E-state index in [2.05, 4.69) is 0 Å². The molecular weight excluding hydrogens is 398 g/mol. The number of nitro benzene ring substituents is 1. The minimum Gasteiger partial charge on any atom is -0.462 e. The molecule has 0 spiro atoms. The predicted octanol–water partition coefficient (Wildman–Crippen LogP) is 4.04. The summed E-state index contributed by atoms with van der Waals surface area (Å²) in [7, 11) is 0. The number of anilines is 2. The summed E-state index contributed by atoms with van der Waals surface area (Å²) >= 11 is 0. The molecule has 2 aromatic rings. The van der Waals surface area contributed by atoms with E-state index in [-0.39, 0.29) is 29.0 Å². The Labute approximate surface area is 181 Å². The lowest BCUT2D eigenvalue weighted by Crippen LogP contribution is -2.43. The van der Waals surface area contributed by atoms with Crippen LogP contribution in [0.25, 0.3) is 0 Å². The van der Waals surface area contributed by atoms with Crippen LogP contribution in [0, 0.1) is 16.0 Å². The van der Waals surface area contributed by atoms with Crippen molar-refractivity contribution in [3.63, 3.8) is 0 Å². The van der Waals surface area contributed by atoms with Crippen LogP contribution < -0.4 is 9.80 Å². The summed E-state index contributed by atoms with van der Waals surface area (Å²) in [5, 5.41) is 11.3. The Morgan fingerprint density at radius 1 is 1.13 bits per heavy atom. The van der Waals surface area contributed by atoms with Crippen molar-refractivity contribution < 1.29 is 19.2 Å². The number of nitro groups is 1. The third-order valence-electron chi connectivity index (χ3n) is 5.51. The highest BCUT2D eigenvalue weighted by atomic mass is 16.6. The standard InChI is InChI=1S/C23H27N3O5/c1-3-25(19-9-7-8-18(16-19)23(28)31-4-2)22(27)17-12-14-24(15-13-17)20-10-5-6-11-21(20)26(29)30/h5-11,16-17H,3-4,12-15H2,1-2H3. The summed E-state index contributed by atoms with van der Waals surface area (Å²) in [5.74, 6) is -0.582. The summed E-state index contributed by atoms with van der Waals surface area (Å²) in [5.41, 5.74) is 1.75. The van der Waals surface area contributed by atoms with Gasteiger partial charge < -0.3 is 14.5 Å². The minimum absolute atomic E-state index is 0.00530. The number of para-hydroxylation sites is 2. The van der Waals surface area contributed by atoms with Gasteiger partial charge in [-0.25, -0.2) is 4.79 Å². The average Bonchev–Trinajstić information content (AvgIpc) is 2.80. The quantitative estimate of drug-likeness (QED) is 0.378. The lowest BCUT2D eigenvalue weighted by molar-refractivity contribution is -0.384. The van der Waals surface area contributed by atoms with Gasteiger partial charge in [-0.15, -0.1) is 0 Å². The monoisotopic (exact) mass is 425 g/mol. The van der Waals surface area contributed by atoms with Crippen LogP contribution in [-0.4, -0.2) is 43.0 Å². The number of hydrogen-bond donors (Lipinski definition) is 0. The molecular formula is C23H27N3O5. The first-order valence-electron chi connectivity index (χ1n) is 10.5.